The van der Waals surface area contributed by atoms with Gasteiger partial charge in [0.15, 0.2) is 0 Å². The standard InChI is InChI=1S/C12H23ClN2O/c1-11(2)3-4-12(16)15-9-7-14(6-5-13)8-10-15/h11H,3-10H2,1-2H3. The van der Waals surface area contributed by atoms with Crippen molar-refractivity contribution in [3.05, 3.63) is 0 Å². The summed E-state index contributed by atoms with van der Waals surface area (Å²) in [4.78, 5) is 16.2. The number of nitrogens with zero attached hydrogens (tertiary/aromatic N) is 2. The molecule has 0 aromatic carbocycles. The van der Waals surface area contributed by atoms with E-state index in [0.717, 1.165) is 39.1 Å². The van der Waals surface area contributed by atoms with Crippen LogP contribution in [-0.4, -0.2) is 54.3 Å². The first-order chi connectivity index (χ1) is 7.63. The van der Waals surface area contributed by atoms with Crippen LogP contribution in [0.4, 0.5) is 0 Å². The van der Waals surface area contributed by atoms with Gasteiger partial charge >= 0.3 is 0 Å². The Morgan fingerprint density at radius 3 is 2.38 bits per heavy atom. The van der Waals surface area contributed by atoms with E-state index in [1.807, 2.05) is 4.90 Å². The van der Waals surface area contributed by atoms with Crippen LogP contribution >= 0.6 is 11.6 Å². The molecule has 4 heteroatoms. The first-order valence-electron chi connectivity index (χ1n) is 6.19. The van der Waals surface area contributed by atoms with E-state index in [2.05, 4.69) is 18.7 Å². The normalized spacial score (nSPS) is 18.1. The van der Waals surface area contributed by atoms with Crippen molar-refractivity contribution in [2.24, 2.45) is 5.92 Å². The van der Waals surface area contributed by atoms with E-state index in [1.54, 1.807) is 0 Å². The average Bonchev–Trinajstić information content (AvgIpc) is 2.27. The summed E-state index contributed by atoms with van der Waals surface area (Å²) in [6.45, 7) is 8.94. The monoisotopic (exact) mass is 246 g/mol. The number of hydrogen-bond donors (Lipinski definition) is 0. The summed E-state index contributed by atoms with van der Waals surface area (Å²) < 4.78 is 0. The topological polar surface area (TPSA) is 23.6 Å². The van der Waals surface area contributed by atoms with Crippen molar-refractivity contribution >= 4 is 17.5 Å². The molecule has 0 N–H and O–H groups in total. The molecule has 0 aliphatic carbocycles. The van der Waals surface area contributed by atoms with E-state index in [-0.39, 0.29) is 0 Å². The minimum Gasteiger partial charge on any atom is -0.340 e. The summed E-state index contributed by atoms with van der Waals surface area (Å²) in [5, 5.41) is 0. The van der Waals surface area contributed by atoms with Crippen molar-refractivity contribution in [1.29, 1.82) is 0 Å². The maximum atomic E-state index is 11.8. The number of carbonyl (C=O) groups excluding carboxylic acids is 1. The van der Waals surface area contributed by atoms with Gasteiger partial charge in [0.1, 0.15) is 0 Å². The molecule has 0 spiro atoms. The lowest BCUT2D eigenvalue weighted by Crippen LogP contribution is -2.49. The van der Waals surface area contributed by atoms with Gasteiger partial charge < -0.3 is 4.90 Å². The summed E-state index contributed by atoms with van der Waals surface area (Å²) >= 11 is 5.70. The van der Waals surface area contributed by atoms with Gasteiger partial charge in [-0.3, -0.25) is 9.69 Å². The third kappa shape index (κ3) is 4.71. The minimum atomic E-state index is 0.319. The predicted molar refractivity (Wildman–Crippen MR) is 67.8 cm³/mol. The maximum absolute atomic E-state index is 11.8. The molecule has 1 saturated heterocycles. The molecule has 0 aromatic heterocycles. The van der Waals surface area contributed by atoms with E-state index in [9.17, 15) is 4.79 Å². The number of carbonyl (C=O) groups is 1. The molecule has 1 rings (SSSR count). The summed E-state index contributed by atoms with van der Waals surface area (Å²) in [5.74, 6) is 1.61. The third-order valence-corrected chi connectivity index (χ3v) is 3.23. The fourth-order valence-corrected chi connectivity index (χ4v) is 2.15. The molecular formula is C12H23ClN2O. The molecule has 16 heavy (non-hydrogen) atoms. The summed E-state index contributed by atoms with van der Waals surface area (Å²) in [5.41, 5.74) is 0. The van der Waals surface area contributed by atoms with Crippen molar-refractivity contribution in [2.75, 3.05) is 38.6 Å². The van der Waals surface area contributed by atoms with Gasteiger partial charge in [0, 0.05) is 45.0 Å². The molecule has 0 unspecified atom stereocenters. The Kier molecular flexibility index (Phi) is 6.14. The van der Waals surface area contributed by atoms with E-state index in [1.165, 1.54) is 0 Å². The van der Waals surface area contributed by atoms with Gasteiger partial charge in [-0.2, -0.15) is 0 Å². The van der Waals surface area contributed by atoms with E-state index in [0.29, 0.717) is 24.1 Å². The Hall–Kier alpha value is -0.280. The fraction of sp³-hybridized carbons (Fsp3) is 0.917. The van der Waals surface area contributed by atoms with Gasteiger partial charge in [0.05, 0.1) is 0 Å². The second-order valence-electron chi connectivity index (χ2n) is 4.84. The van der Waals surface area contributed by atoms with Gasteiger partial charge in [-0.25, -0.2) is 0 Å². The Balaban J connectivity index is 2.22. The Labute approximate surface area is 104 Å². The van der Waals surface area contributed by atoms with E-state index < -0.39 is 0 Å². The largest absolute Gasteiger partial charge is 0.340 e. The summed E-state index contributed by atoms with van der Waals surface area (Å²) in [6.07, 6.45) is 1.70. The molecule has 1 fully saturated rings. The van der Waals surface area contributed by atoms with Crippen LogP contribution in [-0.2, 0) is 4.79 Å². The zero-order valence-corrected chi connectivity index (χ0v) is 11.2. The van der Waals surface area contributed by atoms with Gasteiger partial charge in [0.25, 0.3) is 0 Å². The van der Waals surface area contributed by atoms with Crippen molar-refractivity contribution < 1.29 is 4.79 Å². The van der Waals surface area contributed by atoms with Crippen LogP contribution in [0.3, 0.4) is 0 Å². The number of rotatable bonds is 5. The van der Waals surface area contributed by atoms with Crippen LogP contribution in [0.5, 0.6) is 0 Å². The predicted octanol–water partition coefficient (Wildman–Crippen LogP) is 1.81. The number of hydrogen-bond acceptors (Lipinski definition) is 2. The number of piperazine rings is 1. The van der Waals surface area contributed by atoms with Crippen molar-refractivity contribution in [3.8, 4) is 0 Å². The van der Waals surface area contributed by atoms with Crippen LogP contribution < -0.4 is 0 Å². The highest BCUT2D eigenvalue weighted by atomic mass is 35.5. The van der Waals surface area contributed by atoms with Gasteiger partial charge in [0.2, 0.25) is 5.91 Å². The van der Waals surface area contributed by atoms with Crippen LogP contribution in [0.25, 0.3) is 0 Å². The zero-order valence-electron chi connectivity index (χ0n) is 10.4. The first kappa shape index (κ1) is 13.8. The molecule has 94 valence electrons. The molecule has 0 bridgehead atoms. The SMILES string of the molecule is CC(C)CCC(=O)N1CCN(CCCl)CC1. The average molecular weight is 247 g/mol. The maximum Gasteiger partial charge on any atom is 0.222 e. The van der Waals surface area contributed by atoms with Crippen molar-refractivity contribution in [3.63, 3.8) is 0 Å². The fourth-order valence-electron chi connectivity index (χ4n) is 1.91. The minimum absolute atomic E-state index is 0.319. The van der Waals surface area contributed by atoms with Gasteiger partial charge in [-0.05, 0) is 12.3 Å². The first-order valence-corrected chi connectivity index (χ1v) is 6.73. The van der Waals surface area contributed by atoms with E-state index >= 15 is 0 Å². The molecular weight excluding hydrogens is 224 g/mol. The van der Waals surface area contributed by atoms with Gasteiger partial charge in [-0.1, -0.05) is 13.8 Å². The van der Waals surface area contributed by atoms with Crippen LogP contribution in [0.15, 0.2) is 0 Å². The molecule has 0 atom stereocenters. The second kappa shape index (κ2) is 7.13. The number of halogens is 1. The molecule has 0 saturated carbocycles. The highest BCUT2D eigenvalue weighted by Crippen LogP contribution is 2.09. The third-order valence-electron chi connectivity index (χ3n) is 3.06. The summed E-state index contributed by atoms with van der Waals surface area (Å²) in [7, 11) is 0. The quantitative estimate of drug-likeness (QED) is 0.691. The Bertz CT molecular complexity index is 213. The lowest BCUT2D eigenvalue weighted by Gasteiger charge is -2.34. The lowest BCUT2D eigenvalue weighted by atomic mass is 10.1. The smallest absolute Gasteiger partial charge is 0.222 e. The van der Waals surface area contributed by atoms with Gasteiger partial charge in [-0.15, -0.1) is 11.6 Å². The van der Waals surface area contributed by atoms with Crippen LogP contribution in [0, 0.1) is 5.92 Å². The highest BCUT2D eigenvalue weighted by molar-refractivity contribution is 6.18. The zero-order chi connectivity index (χ0) is 12.0. The Morgan fingerprint density at radius 1 is 1.25 bits per heavy atom. The van der Waals surface area contributed by atoms with E-state index in [4.69, 9.17) is 11.6 Å². The van der Waals surface area contributed by atoms with Crippen LogP contribution in [0.1, 0.15) is 26.7 Å². The van der Waals surface area contributed by atoms with Crippen LogP contribution in [0.2, 0.25) is 0 Å². The molecule has 1 aliphatic heterocycles. The molecule has 1 heterocycles. The Morgan fingerprint density at radius 2 is 1.88 bits per heavy atom. The van der Waals surface area contributed by atoms with Crippen molar-refractivity contribution in [2.45, 2.75) is 26.7 Å². The number of alkyl halides is 1. The second-order valence-corrected chi connectivity index (χ2v) is 5.22. The summed E-state index contributed by atoms with van der Waals surface area (Å²) in [6, 6.07) is 0. The molecule has 0 radical (unpaired) electrons. The molecule has 0 aromatic rings. The molecule has 1 aliphatic rings. The molecule has 3 nitrogen and oxygen atoms in total. The lowest BCUT2D eigenvalue weighted by molar-refractivity contribution is -0.133. The van der Waals surface area contributed by atoms with Crippen molar-refractivity contribution in [1.82, 2.24) is 9.80 Å². The number of amides is 1. The molecule has 1 amide bonds. The highest BCUT2D eigenvalue weighted by Gasteiger charge is 2.20.